The fourth-order valence-electron chi connectivity index (χ4n) is 3.26. The van der Waals surface area contributed by atoms with E-state index < -0.39 is 0 Å². The van der Waals surface area contributed by atoms with Crippen molar-refractivity contribution in [3.8, 4) is 0 Å². The first kappa shape index (κ1) is 17.4. The Hall–Kier alpha value is -2.43. The zero-order valence-corrected chi connectivity index (χ0v) is 15.3. The van der Waals surface area contributed by atoms with Gasteiger partial charge in [-0.25, -0.2) is 9.97 Å². The van der Waals surface area contributed by atoms with Crippen molar-refractivity contribution in [3.63, 3.8) is 0 Å². The van der Waals surface area contributed by atoms with E-state index >= 15 is 0 Å². The molecule has 1 aliphatic heterocycles. The smallest absolute Gasteiger partial charge is 0.272 e. The number of benzene rings is 1. The molecule has 1 aromatic heterocycles. The molecule has 0 spiro atoms. The second-order valence-electron chi connectivity index (χ2n) is 6.62. The molecule has 0 fully saturated rings. The minimum Gasteiger partial charge on any atom is -0.340 e. The number of amides is 1. The van der Waals surface area contributed by atoms with Crippen LogP contribution in [0.5, 0.6) is 0 Å². The summed E-state index contributed by atoms with van der Waals surface area (Å²) in [6.45, 7) is 5.63. The fourth-order valence-corrected chi connectivity index (χ4v) is 3.26. The Kier molecular flexibility index (Phi) is 5.31. The number of anilines is 2. The Morgan fingerprint density at radius 2 is 2.08 bits per heavy atom. The average Bonchev–Trinajstić information content (AvgIpc) is 2.64. The Bertz CT molecular complexity index is 759. The summed E-state index contributed by atoms with van der Waals surface area (Å²) in [6, 6.07) is 10.3. The molecule has 2 heterocycles. The third-order valence-electron chi connectivity index (χ3n) is 4.62. The van der Waals surface area contributed by atoms with E-state index in [0.717, 1.165) is 44.6 Å². The van der Waals surface area contributed by atoms with Crippen molar-refractivity contribution in [2.24, 2.45) is 0 Å². The molecule has 132 valence electrons. The van der Waals surface area contributed by atoms with Gasteiger partial charge in [0.2, 0.25) is 0 Å². The van der Waals surface area contributed by atoms with Crippen LogP contribution in [0.1, 0.15) is 48.1 Å². The predicted octanol–water partition coefficient (Wildman–Crippen LogP) is 3.74. The highest BCUT2D eigenvalue weighted by Crippen LogP contribution is 2.32. The van der Waals surface area contributed by atoms with E-state index in [2.05, 4.69) is 46.1 Å². The van der Waals surface area contributed by atoms with Gasteiger partial charge in [0, 0.05) is 31.9 Å². The van der Waals surface area contributed by atoms with Gasteiger partial charge in [-0.1, -0.05) is 31.5 Å². The van der Waals surface area contributed by atoms with Crippen LogP contribution in [0.4, 0.5) is 11.5 Å². The summed E-state index contributed by atoms with van der Waals surface area (Å²) in [7, 11) is 1.84. The topological polar surface area (TPSA) is 49.3 Å². The van der Waals surface area contributed by atoms with Crippen molar-refractivity contribution in [3.05, 3.63) is 47.4 Å². The van der Waals surface area contributed by atoms with Crippen LogP contribution in [0.15, 0.2) is 30.3 Å². The number of para-hydroxylation sites is 1. The van der Waals surface area contributed by atoms with Gasteiger partial charge in [-0.2, -0.15) is 0 Å². The largest absolute Gasteiger partial charge is 0.340 e. The molecule has 0 unspecified atom stereocenters. The van der Waals surface area contributed by atoms with Crippen LogP contribution in [-0.2, 0) is 6.42 Å². The monoisotopic (exact) mass is 338 g/mol. The maximum atomic E-state index is 12.7. The van der Waals surface area contributed by atoms with E-state index in [1.54, 1.807) is 4.90 Å². The standard InChI is InChI=1S/C20H26N4O/c1-4-5-12-23(3)20(25)17-14-19(22-15(2)21-17)24-13-8-10-16-9-6-7-11-18(16)24/h6-7,9,11,14H,4-5,8,10,12-13H2,1-3H3. The van der Waals surface area contributed by atoms with Gasteiger partial charge >= 0.3 is 0 Å². The van der Waals surface area contributed by atoms with Crippen LogP contribution in [0, 0.1) is 6.92 Å². The normalized spacial score (nSPS) is 13.5. The third-order valence-corrected chi connectivity index (χ3v) is 4.62. The predicted molar refractivity (Wildman–Crippen MR) is 100 cm³/mol. The Morgan fingerprint density at radius 3 is 2.88 bits per heavy atom. The van der Waals surface area contributed by atoms with Crippen molar-refractivity contribution in [2.75, 3.05) is 25.0 Å². The van der Waals surface area contributed by atoms with E-state index in [1.165, 1.54) is 11.3 Å². The van der Waals surface area contributed by atoms with Gasteiger partial charge in [0.1, 0.15) is 17.3 Å². The number of rotatable bonds is 5. The molecule has 2 aromatic rings. The first-order valence-electron chi connectivity index (χ1n) is 9.06. The zero-order valence-electron chi connectivity index (χ0n) is 15.3. The van der Waals surface area contributed by atoms with Gasteiger partial charge in [-0.15, -0.1) is 0 Å². The van der Waals surface area contributed by atoms with E-state index in [0.29, 0.717) is 11.5 Å². The molecule has 0 radical (unpaired) electrons. The van der Waals surface area contributed by atoms with E-state index in [9.17, 15) is 4.79 Å². The second kappa shape index (κ2) is 7.64. The number of hydrogen-bond donors (Lipinski definition) is 0. The minimum absolute atomic E-state index is 0.0366. The number of fused-ring (bicyclic) bond motifs is 1. The minimum atomic E-state index is -0.0366. The molecule has 0 aliphatic carbocycles. The van der Waals surface area contributed by atoms with Crippen LogP contribution >= 0.6 is 0 Å². The van der Waals surface area contributed by atoms with Gasteiger partial charge in [0.25, 0.3) is 5.91 Å². The number of aromatic nitrogens is 2. The highest BCUT2D eigenvalue weighted by atomic mass is 16.2. The molecule has 1 aromatic carbocycles. The van der Waals surface area contributed by atoms with Gasteiger partial charge < -0.3 is 9.80 Å². The molecule has 0 atom stereocenters. The van der Waals surface area contributed by atoms with Crippen LogP contribution < -0.4 is 4.90 Å². The van der Waals surface area contributed by atoms with E-state index in [-0.39, 0.29) is 5.91 Å². The van der Waals surface area contributed by atoms with Gasteiger partial charge in [-0.05, 0) is 37.8 Å². The summed E-state index contributed by atoms with van der Waals surface area (Å²) >= 11 is 0. The quantitative estimate of drug-likeness (QED) is 0.833. The number of carbonyl (C=O) groups is 1. The Labute approximate surface area is 149 Å². The molecule has 0 saturated heterocycles. The molecular weight excluding hydrogens is 312 g/mol. The lowest BCUT2D eigenvalue weighted by Crippen LogP contribution is -2.30. The number of aryl methyl sites for hydroxylation is 2. The molecule has 0 N–H and O–H groups in total. The summed E-state index contributed by atoms with van der Waals surface area (Å²) in [4.78, 5) is 25.6. The Balaban J connectivity index is 1.92. The number of nitrogens with zero attached hydrogens (tertiary/aromatic N) is 4. The average molecular weight is 338 g/mol. The van der Waals surface area contributed by atoms with Crippen LogP contribution in [0.25, 0.3) is 0 Å². The van der Waals surface area contributed by atoms with Crippen molar-refractivity contribution in [1.29, 1.82) is 0 Å². The molecule has 3 rings (SSSR count). The van der Waals surface area contributed by atoms with Crippen molar-refractivity contribution in [1.82, 2.24) is 14.9 Å². The Morgan fingerprint density at radius 1 is 1.28 bits per heavy atom. The van der Waals surface area contributed by atoms with Crippen LogP contribution in [0.3, 0.4) is 0 Å². The maximum absolute atomic E-state index is 12.7. The molecule has 0 saturated carbocycles. The molecule has 5 nitrogen and oxygen atoms in total. The van der Waals surface area contributed by atoms with Crippen LogP contribution in [0.2, 0.25) is 0 Å². The fraction of sp³-hybridized carbons (Fsp3) is 0.450. The van der Waals surface area contributed by atoms with E-state index in [1.807, 2.05) is 20.0 Å². The van der Waals surface area contributed by atoms with Crippen LogP contribution in [-0.4, -0.2) is 40.9 Å². The second-order valence-corrected chi connectivity index (χ2v) is 6.62. The van der Waals surface area contributed by atoms with Gasteiger partial charge in [0.05, 0.1) is 0 Å². The highest BCUT2D eigenvalue weighted by Gasteiger charge is 2.22. The molecule has 5 heteroatoms. The van der Waals surface area contributed by atoms with Crippen molar-refractivity contribution in [2.45, 2.75) is 39.5 Å². The zero-order chi connectivity index (χ0) is 17.8. The molecule has 1 aliphatic rings. The lowest BCUT2D eigenvalue weighted by Gasteiger charge is -2.30. The number of unbranched alkanes of at least 4 members (excludes halogenated alkanes) is 1. The SMILES string of the molecule is CCCCN(C)C(=O)c1cc(N2CCCc3ccccc32)nc(C)n1. The van der Waals surface area contributed by atoms with Gasteiger partial charge in [0.15, 0.2) is 0 Å². The summed E-state index contributed by atoms with van der Waals surface area (Å²) < 4.78 is 0. The van der Waals surface area contributed by atoms with E-state index in [4.69, 9.17) is 0 Å². The first-order chi connectivity index (χ1) is 12.1. The summed E-state index contributed by atoms with van der Waals surface area (Å²) in [5.41, 5.74) is 2.99. The number of carbonyl (C=O) groups excluding carboxylic acids is 1. The van der Waals surface area contributed by atoms with Crippen molar-refractivity contribution >= 4 is 17.4 Å². The van der Waals surface area contributed by atoms with Crippen molar-refractivity contribution < 1.29 is 4.79 Å². The molecular formula is C20H26N4O. The molecule has 1 amide bonds. The first-order valence-corrected chi connectivity index (χ1v) is 9.06. The lowest BCUT2D eigenvalue weighted by molar-refractivity contribution is 0.0787. The third kappa shape index (κ3) is 3.81. The summed E-state index contributed by atoms with van der Waals surface area (Å²) in [6.07, 6.45) is 4.23. The maximum Gasteiger partial charge on any atom is 0.272 e. The summed E-state index contributed by atoms with van der Waals surface area (Å²) in [5, 5.41) is 0. The number of hydrogen-bond acceptors (Lipinski definition) is 4. The highest BCUT2D eigenvalue weighted by molar-refractivity contribution is 5.93. The summed E-state index contributed by atoms with van der Waals surface area (Å²) in [5.74, 6) is 1.41. The molecule has 0 bridgehead atoms. The lowest BCUT2D eigenvalue weighted by atomic mass is 10.0. The molecule has 25 heavy (non-hydrogen) atoms. The van der Waals surface area contributed by atoms with Gasteiger partial charge in [-0.3, -0.25) is 4.79 Å².